The zero-order valence-electron chi connectivity index (χ0n) is 49.7. The number of hydroxylamine groups is 2. The van der Waals surface area contributed by atoms with Gasteiger partial charge in [0.1, 0.15) is 28.7 Å². The van der Waals surface area contributed by atoms with Gasteiger partial charge in [0, 0.05) is 57.4 Å². The first-order valence-corrected chi connectivity index (χ1v) is 28.4. The Morgan fingerprint density at radius 1 is 0.526 bits per heavy atom. The number of amides is 7. The van der Waals surface area contributed by atoms with Crippen LogP contribution >= 0.6 is 0 Å². The van der Waals surface area contributed by atoms with E-state index in [4.69, 9.17) is 28.9 Å². The number of nitrogens with zero attached hydrogens (tertiary/aromatic N) is 1. The second-order valence-corrected chi connectivity index (χ2v) is 25.7. The van der Waals surface area contributed by atoms with Crippen molar-refractivity contribution in [3.05, 3.63) is 0 Å². The van der Waals surface area contributed by atoms with E-state index < -0.39 is 34.5 Å². The molecule has 1 aliphatic heterocycles. The molecular weight excluding hydrogens is 1010 g/mol. The van der Waals surface area contributed by atoms with Gasteiger partial charge in [-0.2, -0.15) is 0 Å². The maximum absolute atomic E-state index is 12.0. The third-order valence-corrected chi connectivity index (χ3v) is 14.3. The quantitative estimate of drug-likeness (QED) is 0.0434. The van der Waals surface area contributed by atoms with E-state index in [-0.39, 0.29) is 59.7 Å². The second kappa shape index (κ2) is 32.8. The monoisotopic (exact) mass is 1110 g/mol. The molecule has 1 unspecified atom stereocenters. The van der Waals surface area contributed by atoms with Crippen LogP contribution in [-0.4, -0.2) is 127 Å². The molecule has 21 heteroatoms. The number of nitrogens with one attached hydrogen (secondary N) is 5. The van der Waals surface area contributed by atoms with E-state index in [2.05, 4.69) is 26.6 Å². The van der Waals surface area contributed by atoms with E-state index in [0.717, 1.165) is 96.2 Å². The van der Waals surface area contributed by atoms with Crippen LogP contribution in [0, 0.1) is 53.3 Å². The molecule has 78 heavy (non-hydrogen) atoms. The summed E-state index contributed by atoms with van der Waals surface area (Å²) in [5.41, 5.74) is -1.88. The van der Waals surface area contributed by atoms with Crippen molar-refractivity contribution in [2.24, 2.45) is 53.3 Å². The molecule has 7 amide bonds. The Balaban J connectivity index is 0.000000358. The zero-order chi connectivity index (χ0) is 59.0. The largest absolute Gasteiger partial charge is 0.481 e. The number of imide groups is 1. The van der Waals surface area contributed by atoms with Gasteiger partial charge < -0.3 is 50.1 Å². The fourth-order valence-corrected chi connectivity index (χ4v) is 10.0. The molecule has 448 valence electrons. The summed E-state index contributed by atoms with van der Waals surface area (Å²) in [4.78, 5) is 107. The molecule has 6 N–H and O–H groups in total. The van der Waals surface area contributed by atoms with Gasteiger partial charge in [0.15, 0.2) is 0 Å². The highest BCUT2D eigenvalue weighted by atomic mass is 16.7. The number of hydrogen-bond donors (Lipinski definition) is 6. The summed E-state index contributed by atoms with van der Waals surface area (Å²) in [5.74, 6) is 0.971. The minimum Gasteiger partial charge on any atom is -0.481 e. The molecule has 1 heterocycles. The number of carbonyl (C=O) groups is 9. The van der Waals surface area contributed by atoms with Crippen molar-refractivity contribution in [2.75, 3.05) is 40.3 Å². The van der Waals surface area contributed by atoms with Crippen molar-refractivity contribution in [3.8, 4) is 0 Å². The van der Waals surface area contributed by atoms with Gasteiger partial charge in [0.05, 0.1) is 13.0 Å². The van der Waals surface area contributed by atoms with Crippen LogP contribution in [0.4, 0.5) is 19.2 Å². The number of ether oxygens (including phenoxy) is 4. The van der Waals surface area contributed by atoms with E-state index in [1.165, 1.54) is 12.2 Å². The zero-order valence-corrected chi connectivity index (χ0v) is 49.7. The van der Waals surface area contributed by atoms with Crippen LogP contribution in [0.15, 0.2) is 0 Å². The summed E-state index contributed by atoms with van der Waals surface area (Å²) in [7, 11) is 3.13. The van der Waals surface area contributed by atoms with Gasteiger partial charge in [-0.05, 0) is 215 Å². The minimum atomic E-state index is -0.700. The van der Waals surface area contributed by atoms with Crippen LogP contribution < -0.4 is 26.6 Å². The average Bonchev–Trinajstić information content (AvgIpc) is 3.69. The number of aliphatic carboxylic acids is 1. The van der Waals surface area contributed by atoms with Crippen molar-refractivity contribution >= 4 is 54.3 Å². The Bertz CT molecular complexity index is 1910. The summed E-state index contributed by atoms with van der Waals surface area (Å²) in [6, 6.07) is 0. The summed E-state index contributed by atoms with van der Waals surface area (Å²) in [6.07, 6.45) is 14.3. The number of carboxylic acids is 1. The molecule has 1 atom stereocenters. The maximum atomic E-state index is 12.0. The highest BCUT2D eigenvalue weighted by molar-refractivity contribution is 6.03. The van der Waals surface area contributed by atoms with E-state index in [1.807, 2.05) is 83.1 Å². The average molecular weight is 1110 g/mol. The Labute approximate surface area is 464 Å². The molecule has 0 aromatic heterocycles. The third kappa shape index (κ3) is 30.2. The van der Waals surface area contributed by atoms with Crippen LogP contribution in [0.5, 0.6) is 0 Å². The summed E-state index contributed by atoms with van der Waals surface area (Å²) in [6.45, 7) is 24.5. The first kappa shape index (κ1) is 68.9. The highest BCUT2D eigenvalue weighted by Gasteiger charge is 2.39. The van der Waals surface area contributed by atoms with Crippen molar-refractivity contribution in [1.82, 2.24) is 31.6 Å². The van der Waals surface area contributed by atoms with Gasteiger partial charge in [-0.25, -0.2) is 24.2 Å². The molecule has 5 rings (SSSR count). The molecule has 0 aromatic rings. The standard InChI is InChI=1S/C16H26N2O4.C15H28N2O4.C13H23NO4.C13H23NO3/c1-16(2,3)22-15(21)17-9-10-4-6-11(7-5-10)12-8-13(19)18-14(12)20;1-15(2,3)21-14(19)16-10-11-6-8-12(9-7-11)13(18)17(4)20-5;1-13(2,3)18-12(17)14-8-9-4-6-10(7-5-9)11(15)16;1-13(2,3)17-12(16)14-8-10-4-6-11(9-15)7-5-10/h10-12H,4-9H2,1-3H3,(H,17,21)(H,18,19,20);11-12H,6-10H2,1-5H3,(H,16,19);9-10H,4-8H2,1-3H3,(H,14,17)(H,15,16);9-11H,4-8H2,1-3H3,(H,14,16). The molecule has 4 aliphatic carbocycles. The first-order chi connectivity index (χ1) is 36.1. The Morgan fingerprint density at radius 2 is 0.833 bits per heavy atom. The molecular formula is C57H100N6O15. The number of carboxylic acid groups (broad SMARTS) is 1. The Hall–Kier alpha value is -5.21. The van der Waals surface area contributed by atoms with Crippen LogP contribution in [0.25, 0.3) is 0 Å². The number of aldehydes is 1. The molecule has 0 aromatic carbocycles. The van der Waals surface area contributed by atoms with Crippen molar-refractivity contribution in [2.45, 2.75) is 215 Å². The predicted molar refractivity (Wildman–Crippen MR) is 293 cm³/mol. The van der Waals surface area contributed by atoms with Gasteiger partial charge in [0.2, 0.25) is 17.7 Å². The van der Waals surface area contributed by atoms with Crippen LogP contribution in [0.1, 0.15) is 192 Å². The molecule has 5 fully saturated rings. The van der Waals surface area contributed by atoms with Crippen molar-refractivity contribution in [3.63, 3.8) is 0 Å². The number of rotatable bonds is 13. The van der Waals surface area contributed by atoms with E-state index in [9.17, 15) is 43.2 Å². The summed E-state index contributed by atoms with van der Waals surface area (Å²) in [5, 5.41) is 23.7. The summed E-state index contributed by atoms with van der Waals surface area (Å²) < 4.78 is 20.7. The lowest BCUT2D eigenvalue weighted by atomic mass is 9.75. The van der Waals surface area contributed by atoms with Crippen LogP contribution in [-0.2, 0) is 47.8 Å². The molecule has 1 saturated heterocycles. The fourth-order valence-electron chi connectivity index (χ4n) is 10.0. The fraction of sp³-hybridized carbons (Fsp3) is 0.842. The van der Waals surface area contributed by atoms with Crippen molar-refractivity contribution in [1.29, 1.82) is 0 Å². The number of hydrogen-bond acceptors (Lipinski definition) is 14. The van der Waals surface area contributed by atoms with Gasteiger partial charge in [-0.1, -0.05) is 0 Å². The molecule has 4 saturated carbocycles. The normalized spacial score (nSPS) is 25.4. The van der Waals surface area contributed by atoms with E-state index in [0.29, 0.717) is 75.0 Å². The van der Waals surface area contributed by atoms with Gasteiger partial charge >= 0.3 is 30.3 Å². The topological polar surface area (TPSA) is 283 Å². The lowest BCUT2D eigenvalue weighted by molar-refractivity contribution is -0.174. The SMILES string of the molecule is CC(C)(C)OC(=O)NCC1CCC(C(=O)O)CC1.CC(C)(C)OC(=O)NCC1CCC(C2CC(=O)NC2=O)CC1.CC(C)(C)OC(=O)NCC1CCC(C=O)CC1.CON(C)C(=O)C1CCC(CNC(=O)OC(C)(C)C)CC1. The van der Waals surface area contributed by atoms with E-state index in [1.54, 1.807) is 7.05 Å². The van der Waals surface area contributed by atoms with Crippen molar-refractivity contribution < 1.29 is 72.0 Å². The Kier molecular flexibility index (Phi) is 28.9. The molecule has 0 bridgehead atoms. The van der Waals surface area contributed by atoms with Gasteiger partial charge in [-0.3, -0.25) is 29.3 Å². The lowest BCUT2D eigenvalue weighted by Crippen LogP contribution is -2.38. The predicted octanol–water partition coefficient (Wildman–Crippen LogP) is 9.24. The number of alkyl carbamates (subject to hydrolysis) is 4. The third-order valence-electron chi connectivity index (χ3n) is 14.3. The smallest absolute Gasteiger partial charge is 0.407 e. The van der Waals surface area contributed by atoms with E-state index >= 15 is 0 Å². The Morgan fingerprint density at radius 3 is 1.10 bits per heavy atom. The number of carbonyl (C=O) groups excluding carboxylic acids is 8. The highest BCUT2D eigenvalue weighted by Crippen LogP contribution is 2.37. The second-order valence-electron chi connectivity index (χ2n) is 25.7. The summed E-state index contributed by atoms with van der Waals surface area (Å²) >= 11 is 0. The lowest BCUT2D eigenvalue weighted by Gasteiger charge is -2.31. The van der Waals surface area contributed by atoms with Gasteiger partial charge in [-0.15, -0.1) is 0 Å². The minimum absolute atomic E-state index is 0.0349. The van der Waals surface area contributed by atoms with Gasteiger partial charge in [0.25, 0.3) is 0 Å². The molecule has 0 radical (unpaired) electrons. The van der Waals surface area contributed by atoms with Crippen LogP contribution in [0.2, 0.25) is 0 Å². The first-order valence-electron chi connectivity index (χ1n) is 28.4. The molecule has 0 spiro atoms. The molecule has 21 nitrogen and oxygen atoms in total. The molecule has 5 aliphatic rings. The maximum Gasteiger partial charge on any atom is 0.407 e. The van der Waals surface area contributed by atoms with Crippen LogP contribution in [0.3, 0.4) is 0 Å².